The third-order valence-corrected chi connectivity index (χ3v) is 3.72. The molecule has 1 aliphatic rings. The van der Waals surface area contributed by atoms with Crippen molar-refractivity contribution in [3.8, 4) is 5.75 Å². The first-order valence-corrected chi connectivity index (χ1v) is 7.93. The van der Waals surface area contributed by atoms with Crippen molar-refractivity contribution in [2.45, 2.75) is 45.3 Å². The van der Waals surface area contributed by atoms with Gasteiger partial charge in [-0.05, 0) is 50.8 Å². The van der Waals surface area contributed by atoms with Gasteiger partial charge >= 0.3 is 0 Å². The second-order valence-corrected chi connectivity index (χ2v) is 5.98. The molecule has 2 N–H and O–H groups in total. The van der Waals surface area contributed by atoms with Crippen LogP contribution in [0.1, 0.15) is 44.8 Å². The third kappa shape index (κ3) is 4.88. The number of aliphatic hydroxyl groups is 1. The molecule has 0 aromatic heterocycles. The summed E-state index contributed by atoms with van der Waals surface area (Å²) < 4.78 is 5.62. The second-order valence-electron chi connectivity index (χ2n) is 5.98. The highest BCUT2D eigenvalue weighted by Gasteiger charge is 2.19. The van der Waals surface area contributed by atoms with Crippen LogP contribution in [0.3, 0.4) is 0 Å². The van der Waals surface area contributed by atoms with Crippen LogP contribution in [-0.4, -0.2) is 23.7 Å². The maximum absolute atomic E-state index is 12.1. The van der Waals surface area contributed by atoms with E-state index in [4.69, 9.17) is 4.74 Å². The summed E-state index contributed by atoms with van der Waals surface area (Å²) in [6.07, 6.45) is 6.16. The summed E-state index contributed by atoms with van der Waals surface area (Å²) in [6, 6.07) is 7.38. The number of allylic oxidation sites excluding steroid dienone is 2. The zero-order chi connectivity index (χ0) is 15.9. The molecule has 0 bridgehead atoms. The molecule has 1 aromatic carbocycles. The molecular weight excluding hydrogens is 278 g/mol. The van der Waals surface area contributed by atoms with E-state index in [0.29, 0.717) is 0 Å². The highest BCUT2D eigenvalue weighted by molar-refractivity contribution is 5.79. The van der Waals surface area contributed by atoms with Gasteiger partial charge in [0.1, 0.15) is 5.75 Å². The van der Waals surface area contributed by atoms with Crippen LogP contribution < -0.4 is 10.1 Å². The molecule has 120 valence electrons. The molecule has 0 aliphatic heterocycles. The standard InChI is InChI=1S/C18H25NO3/c1-13(2)22-16-10-6-9-15(11-16)17(20)12-19-18(21)14-7-4-3-5-8-14/h3-4,6,9-11,13-14,17,20H,5,7-8,12H2,1-2H3,(H,19,21)/t14-,17+/m0/s1. The highest BCUT2D eigenvalue weighted by atomic mass is 16.5. The van der Waals surface area contributed by atoms with Crippen molar-refractivity contribution < 1.29 is 14.6 Å². The molecule has 0 saturated carbocycles. The first-order chi connectivity index (χ1) is 10.6. The van der Waals surface area contributed by atoms with Crippen LogP contribution in [0, 0.1) is 5.92 Å². The normalized spacial score (nSPS) is 19.0. The van der Waals surface area contributed by atoms with Gasteiger partial charge in [-0.3, -0.25) is 4.79 Å². The van der Waals surface area contributed by atoms with Gasteiger partial charge in [0.15, 0.2) is 0 Å². The largest absolute Gasteiger partial charge is 0.491 e. The van der Waals surface area contributed by atoms with Gasteiger partial charge in [0, 0.05) is 12.5 Å². The summed E-state index contributed by atoms with van der Waals surface area (Å²) in [4.78, 5) is 12.1. The lowest BCUT2D eigenvalue weighted by molar-refractivity contribution is -0.125. The number of amides is 1. The number of rotatable bonds is 6. The molecule has 2 rings (SSSR count). The van der Waals surface area contributed by atoms with E-state index >= 15 is 0 Å². The average Bonchev–Trinajstić information content (AvgIpc) is 2.52. The minimum atomic E-state index is -0.723. The van der Waals surface area contributed by atoms with Crippen LogP contribution >= 0.6 is 0 Å². The minimum absolute atomic E-state index is 0.0259. The average molecular weight is 303 g/mol. The maximum Gasteiger partial charge on any atom is 0.223 e. The van der Waals surface area contributed by atoms with E-state index in [0.717, 1.165) is 30.6 Å². The van der Waals surface area contributed by atoms with E-state index < -0.39 is 6.10 Å². The Morgan fingerprint density at radius 3 is 2.91 bits per heavy atom. The summed E-state index contributed by atoms with van der Waals surface area (Å²) in [7, 11) is 0. The molecule has 0 radical (unpaired) electrons. The number of benzene rings is 1. The molecule has 0 unspecified atom stereocenters. The maximum atomic E-state index is 12.1. The Labute approximate surface area is 132 Å². The third-order valence-electron chi connectivity index (χ3n) is 3.72. The Morgan fingerprint density at radius 1 is 1.41 bits per heavy atom. The fraction of sp³-hybridized carbons (Fsp3) is 0.500. The van der Waals surface area contributed by atoms with Gasteiger partial charge in [-0.15, -0.1) is 0 Å². The zero-order valence-electron chi connectivity index (χ0n) is 13.3. The summed E-state index contributed by atoms with van der Waals surface area (Å²) in [5, 5.41) is 13.1. The molecule has 2 atom stereocenters. The van der Waals surface area contributed by atoms with Gasteiger partial charge in [0.2, 0.25) is 5.91 Å². The Balaban J connectivity index is 1.87. The van der Waals surface area contributed by atoms with Gasteiger partial charge in [-0.25, -0.2) is 0 Å². The van der Waals surface area contributed by atoms with Gasteiger partial charge in [0.25, 0.3) is 0 Å². The van der Waals surface area contributed by atoms with Crippen molar-refractivity contribution >= 4 is 5.91 Å². The minimum Gasteiger partial charge on any atom is -0.491 e. The van der Waals surface area contributed by atoms with Gasteiger partial charge in [0.05, 0.1) is 12.2 Å². The molecule has 0 heterocycles. The van der Waals surface area contributed by atoms with Crippen LogP contribution in [0.5, 0.6) is 5.75 Å². The Kier molecular flexibility index (Phi) is 6.01. The molecule has 0 spiro atoms. The van der Waals surface area contributed by atoms with Gasteiger partial charge < -0.3 is 15.2 Å². The summed E-state index contributed by atoms with van der Waals surface area (Å²) in [6.45, 7) is 4.15. The fourth-order valence-corrected chi connectivity index (χ4v) is 2.56. The predicted molar refractivity (Wildman–Crippen MR) is 86.7 cm³/mol. The van der Waals surface area contributed by atoms with Gasteiger partial charge in [-0.2, -0.15) is 0 Å². The zero-order valence-corrected chi connectivity index (χ0v) is 13.3. The second kappa shape index (κ2) is 7.99. The van der Waals surface area contributed by atoms with E-state index in [2.05, 4.69) is 17.5 Å². The molecule has 1 aliphatic carbocycles. The number of ether oxygens (including phenoxy) is 1. The van der Waals surface area contributed by atoms with Crippen LogP contribution in [0.15, 0.2) is 36.4 Å². The number of hydrogen-bond donors (Lipinski definition) is 2. The first kappa shape index (κ1) is 16.6. The van der Waals surface area contributed by atoms with Crippen LogP contribution in [0.2, 0.25) is 0 Å². The number of aliphatic hydroxyl groups excluding tert-OH is 1. The van der Waals surface area contributed by atoms with Crippen molar-refractivity contribution in [3.05, 3.63) is 42.0 Å². The van der Waals surface area contributed by atoms with E-state index in [1.807, 2.05) is 38.1 Å². The van der Waals surface area contributed by atoms with Crippen molar-refractivity contribution in [1.29, 1.82) is 0 Å². The van der Waals surface area contributed by atoms with Crippen LogP contribution in [0.25, 0.3) is 0 Å². The number of nitrogens with one attached hydrogen (secondary N) is 1. The highest BCUT2D eigenvalue weighted by Crippen LogP contribution is 2.21. The van der Waals surface area contributed by atoms with Crippen LogP contribution in [0.4, 0.5) is 0 Å². The lowest BCUT2D eigenvalue weighted by Crippen LogP contribution is -2.34. The number of carbonyl (C=O) groups is 1. The fourth-order valence-electron chi connectivity index (χ4n) is 2.56. The topological polar surface area (TPSA) is 58.6 Å². The van der Waals surface area contributed by atoms with E-state index in [-0.39, 0.29) is 24.5 Å². The SMILES string of the molecule is CC(C)Oc1cccc([C@H](O)CNC(=O)[C@H]2CC=CCC2)c1. The Hall–Kier alpha value is -1.81. The van der Waals surface area contributed by atoms with E-state index in [9.17, 15) is 9.90 Å². The first-order valence-electron chi connectivity index (χ1n) is 7.93. The molecule has 4 heteroatoms. The van der Waals surface area contributed by atoms with Crippen molar-refractivity contribution in [3.63, 3.8) is 0 Å². The predicted octanol–water partition coefficient (Wildman–Crippen LogP) is 2.98. The quantitative estimate of drug-likeness (QED) is 0.794. The monoisotopic (exact) mass is 303 g/mol. The number of carbonyl (C=O) groups excluding carboxylic acids is 1. The number of hydrogen-bond acceptors (Lipinski definition) is 3. The Bertz CT molecular complexity index is 525. The lowest BCUT2D eigenvalue weighted by atomic mass is 9.93. The lowest BCUT2D eigenvalue weighted by Gasteiger charge is -2.19. The molecule has 4 nitrogen and oxygen atoms in total. The molecule has 1 amide bonds. The van der Waals surface area contributed by atoms with E-state index in [1.54, 1.807) is 0 Å². The molecule has 0 saturated heterocycles. The van der Waals surface area contributed by atoms with Gasteiger partial charge in [-0.1, -0.05) is 24.3 Å². The Morgan fingerprint density at radius 2 is 2.23 bits per heavy atom. The molecule has 22 heavy (non-hydrogen) atoms. The summed E-state index contributed by atoms with van der Waals surface area (Å²) >= 11 is 0. The van der Waals surface area contributed by atoms with Crippen molar-refractivity contribution in [1.82, 2.24) is 5.32 Å². The smallest absolute Gasteiger partial charge is 0.223 e. The van der Waals surface area contributed by atoms with E-state index in [1.165, 1.54) is 0 Å². The summed E-state index contributed by atoms with van der Waals surface area (Å²) in [5.41, 5.74) is 0.752. The molecular formula is C18H25NO3. The van der Waals surface area contributed by atoms with Crippen molar-refractivity contribution in [2.75, 3.05) is 6.54 Å². The van der Waals surface area contributed by atoms with Crippen molar-refractivity contribution in [2.24, 2.45) is 5.92 Å². The molecule has 1 aromatic rings. The van der Waals surface area contributed by atoms with Crippen LogP contribution in [-0.2, 0) is 4.79 Å². The molecule has 0 fully saturated rings. The summed E-state index contributed by atoms with van der Waals surface area (Å²) in [5.74, 6) is 0.793.